The predicted molar refractivity (Wildman–Crippen MR) is 57.8 cm³/mol. The number of likely N-dealkylation sites (tertiary alicyclic amines) is 1. The number of aliphatic hydroxyl groups excluding tert-OH is 1. The molecule has 1 heterocycles. The first-order valence-corrected chi connectivity index (χ1v) is 5.52. The lowest BCUT2D eigenvalue weighted by Crippen LogP contribution is -2.35. The van der Waals surface area contributed by atoms with Gasteiger partial charge in [0.25, 0.3) is 0 Å². The van der Waals surface area contributed by atoms with Gasteiger partial charge in [-0.1, -0.05) is 0 Å². The Bertz CT molecular complexity index is 240. The molecule has 0 saturated carbocycles. The SMILES string of the molecule is CC(C)(C)OC(=O)N1C[C@@H](CF)[C@@H](CO)C1. The van der Waals surface area contributed by atoms with Crippen LogP contribution in [0.5, 0.6) is 0 Å². The Morgan fingerprint density at radius 2 is 2.00 bits per heavy atom. The summed E-state index contributed by atoms with van der Waals surface area (Å²) >= 11 is 0. The van der Waals surface area contributed by atoms with Gasteiger partial charge in [0.15, 0.2) is 0 Å². The molecule has 1 amide bonds. The second-order valence-corrected chi connectivity index (χ2v) is 5.24. The zero-order valence-corrected chi connectivity index (χ0v) is 10.1. The molecule has 0 unspecified atom stereocenters. The number of carbonyl (C=O) groups excluding carboxylic acids is 1. The van der Waals surface area contributed by atoms with E-state index in [2.05, 4.69) is 0 Å². The maximum Gasteiger partial charge on any atom is 0.410 e. The molecule has 0 radical (unpaired) electrons. The number of hydrogen-bond acceptors (Lipinski definition) is 3. The largest absolute Gasteiger partial charge is 0.444 e. The Kier molecular flexibility index (Phi) is 4.13. The second-order valence-electron chi connectivity index (χ2n) is 5.24. The molecule has 4 nitrogen and oxygen atoms in total. The van der Waals surface area contributed by atoms with Gasteiger partial charge in [0.2, 0.25) is 0 Å². The maximum atomic E-state index is 12.6. The number of nitrogens with zero attached hydrogens (tertiary/aromatic N) is 1. The molecule has 0 aromatic heterocycles. The van der Waals surface area contributed by atoms with Crippen LogP contribution in [-0.4, -0.2) is 48.1 Å². The highest BCUT2D eigenvalue weighted by molar-refractivity contribution is 5.68. The van der Waals surface area contributed by atoms with Gasteiger partial charge in [-0.05, 0) is 20.8 Å². The van der Waals surface area contributed by atoms with E-state index in [0.29, 0.717) is 13.1 Å². The number of alkyl halides is 1. The van der Waals surface area contributed by atoms with Crippen LogP contribution < -0.4 is 0 Å². The van der Waals surface area contributed by atoms with Crippen LogP contribution in [0.1, 0.15) is 20.8 Å². The summed E-state index contributed by atoms with van der Waals surface area (Å²) in [4.78, 5) is 13.2. The minimum absolute atomic E-state index is 0.0894. The minimum atomic E-state index is -0.542. The van der Waals surface area contributed by atoms with Gasteiger partial charge in [-0.3, -0.25) is 4.39 Å². The molecule has 1 aliphatic rings. The third kappa shape index (κ3) is 3.33. The fraction of sp³-hybridized carbons (Fsp3) is 0.909. The Morgan fingerprint density at radius 3 is 2.38 bits per heavy atom. The van der Waals surface area contributed by atoms with Gasteiger partial charge in [0, 0.05) is 31.5 Å². The average molecular weight is 233 g/mol. The summed E-state index contributed by atoms with van der Waals surface area (Å²) in [6.45, 7) is 5.47. The third-order valence-corrected chi connectivity index (χ3v) is 2.66. The monoisotopic (exact) mass is 233 g/mol. The Morgan fingerprint density at radius 1 is 1.44 bits per heavy atom. The fourth-order valence-corrected chi connectivity index (χ4v) is 1.80. The molecule has 1 fully saturated rings. The highest BCUT2D eigenvalue weighted by atomic mass is 19.1. The van der Waals surface area contributed by atoms with Crippen molar-refractivity contribution in [3.63, 3.8) is 0 Å². The van der Waals surface area contributed by atoms with Crippen LogP contribution in [0.3, 0.4) is 0 Å². The number of amides is 1. The zero-order chi connectivity index (χ0) is 12.3. The summed E-state index contributed by atoms with van der Waals surface area (Å²) in [5.74, 6) is -0.435. The Labute approximate surface area is 95.4 Å². The third-order valence-electron chi connectivity index (χ3n) is 2.66. The number of hydrogen-bond donors (Lipinski definition) is 1. The van der Waals surface area contributed by atoms with Crippen molar-refractivity contribution in [2.24, 2.45) is 11.8 Å². The lowest BCUT2D eigenvalue weighted by atomic mass is 9.99. The summed E-state index contributed by atoms with van der Waals surface area (Å²) in [5.41, 5.74) is -0.542. The fourth-order valence-electron chi connectivity index (χ4n) is 1.80. The highest BCUT2D eigenvalue weighted by Crippen LogP contribution is 2.25. The van der Waals surface area contributed by atoms with Crippen LogP contribution >= 0.6 is 0 Å². The van der Waals surface area contributed by atoms with E-state index in [4.69, 9.17) is 9.84 Å². The summed E-state index contributed by atoms with van der Waals surface area (Å²) in [7, 11) is 0. The molecule has 1 saturated heterocycles. The zero-order valence-electron chi connectivity index (χ0n) is 10.1. The first-order chi connectivity index (χ1) is 7.37. The van der Waals surface area contributed by atoms with E-state index < -0.39 is 18.4 Å². The van der Waals surface area contributed by atoms with Crippen molar-refractivity contribution in [2.45, 2.75) is 26.4 Å². The Balaban J connectivity index is 2.54. The average Bonchev–Trinajstić information content (AvgIpc) is 2.57. The van der Waals surface area contributed by atoms with E-state index in [1.807, 2.05) is 0 Å². The lowest BCUT2D eigenvalue weighted by molar-refractivity contribution is 0.0280. The molecule has 1 aliphatic heterocycles. The number of aliphatic hydroxyl groups is 1. The molecule has 1 N–H and O–H groups in total. The van der Waals surface area contributed by atoms with E-state index in [1.165, 1.54) is 4.90 Å². The highest BCUT2D eigenvalue weighted by Gasteiger charge is 2.36. The van der Waals surface area contributed by atoms with Crippen LogP contribution in [-0.2, 0) is 4.74 Å². The summed E-state index contributed by atoms with van der Waals surface area (Å²) in [5, 5.41) is 9.05. The normalized spacial score (nSPS) is 25.9. The minimum Gasteiger partial charge on any atom is -0.444 e. The van der Waals surface area contributed by atoms with E-state index >= 15 is 0 Å². The van der Waals surface area contributed by atoms with Crippen LogP contribution in [0, 0.1) is 11.8 Å². The van der Waals surface area contributed by atoms with Gasteiger partial charge in [0.05, 0.1) is 6.67 Å². The molecule has 0 bridgehead atoms. The molecule has 94 valence electrons. The van der Waals surface area contributed by atoms with Crippen LogP contribution in [0.2, 0.25) is 0 Å². The van der Waals surface area contributed by atoms with Gasteiger partial charge in [-0.2, -0.15) is 0 Å². The van der Waals surface area contributed by atoms with Gasteiger partial charge in [0.1, 0.15) is 5.60 Å². The standard InChI is InChI=1S/C11H20FNO3/c1-11(2,3)16-10(15)13-5-8(4-12)9(6-13)7-14/h8-9,14H,4-7H2,1-3H3/t8-,9-/m1/s1. The number of carbonyl (C=O) groups is 1. The van der Waals surface area contributed by atoms with E-state index in [0.717, 1.165) is 0 Å². The molecule has 5 heteroatoms. The van der Waals surface area contributed by atoms with Crippen molar-refractivity contribution < 1.29 is 19.0 Å². The molecule has 16 heavy (non-hydrogen) atoms. The summed E-state index contributed by atoms with van der Waals surface area (Å²) in [6.07, 6.45) is -0.429. The van der Waals surface area contributed by atoms with E-state index in [9.17, 15) is 9.18 Å². The number of halogens is 1. The topological polar surface area (TPSA) is 49.8 Å². The number of rotatable bonds is 2. The van der Waals surface area contributed by atoms with Crippen molar-refractivity contribution in [1.82, 2.24) is 4.90 Å². The van der Waals surface area contributed by atoms with Gasteiger partial charge in [-0.15, -0.1) is 0 Å². The molecule has 0 aromatic rings. The summed E-state index contributed by atoms with van der Waals surface area (Å²) in [6, 6.07) is 0. The van der Waals surface area contributed by atoms with Crippen molar-refractivity contribution in [3.05, 3.63) is 0 Å². The molecule has 0 aromatic carbocycles. The first-order valence-electron chi connectivity index (χ1n) is 5.52. The van der Waals surface area contributed by atoms with Crippen LogP contribution in [0.4, 0.5) is 9.18 Å². The lowest BCUT2D eigenvalue weighted by Gasteiger charge is -2.24. The molecular weight excluding hydrogens is 213 g/mol. The van der Waals surface area contributed by atoms with Gasteiger partial charge >= 0.3 is 6.09 Å². The summed E-state index contributed by atoms with van der Waals surface area (Å²) < 4.78 is 17.8. The smallest absolute Gasteiger partial charge is 0.410 e. The van der Waals surface area contributed by atoms with Crippen LogP contribution in [0.25, 0.3) is 0 Å². The Hall–Kier alpha value is -0.840. The van der Waals surface area contributed by atoms with Crippen molar-refractivity contribution in [1.29, 1.82) is 0 Å². The van der Waals surface area contributed by atoms with E-state index in [1.54, 1.807) is 20.8 Å². The van der Waals surface area contributed by atoms with Crippen molar-refractivity contribution in [2.75, 3.05) is 26.4 Å². The van der Waals surface area contributed by atoms with Crippen LogP contribution in [0.15, 0.2) is 0 Å². The predicted octanol–water partition coefficient (Wildman–Crippen LogP) is 1.43. The van der Waals surface area contributed by atoms with E-state index in [-0.39, 0.29) is 18.4 Å². The molecule has 1 rings (SSSR count). The quantitative estimate of drug-likeness (QED) is 0.785. The number of ether oxygens (including phenoxy) is 1. The van der Waals surface area contributed by atoms with Crippen molar-refractivity contribution in [3.8, 4) is 0 Å². The molecule has 2 atom stereocenters. The molecular formula is C11H20FNO3. The molecule has 0 aliphatic carbocycles. The first kappa shape index (κ1) is 13.2. The molecule has 0 spiro atoms. The maximum absolute atomic E-state index is 12.6. The van der Waals surface area contributed by atoms with Gasteiger partial charge in [-0.25, -0.2) is 4.79 Å². The second kappa shape index (κ2) is 4.99. The van der Waals surface area contributed by atoms with Crippen molar-refractivity contribution >= 4 is 6.09 Å². The van der Waals surface area contributed by atoms with Gasteiger partial charge < -0.3 is 14.7 Å².